The van der Waals surface area contributed by atoms with Crippen molar-refractivity contribution in [1.29, 1.82) is 0 Å². The highest BCUT2D eigenvalue weighted by Gasteiger charge is 2.53. The fourth-order valence-electron chi connectivity index (χ4n) is 4.05. The van der Waals surface area contributed by atoms with Crippen molar-refractivity contribution >= 4 is 11.9 Å². The van der Waals surface area contributed by atoms with E-state index in [0.29, 0.717) is 39.6 Å². The molecule has 1 aromatic carbocycles. The van der Waals surface area contributed by atoms with E-state index >= 15 is 0 Å². The zero-order chi connectivity index (χ0) is 22.1. The largest absolute Gasteiger partial charge is 0.462 e. The Bertz CT molecular complexity index is 781. The summed E-state index contributed by atoms with van der Waals surface area (Å²) >= 11 is 0. The molecule has 31 heavy (non-hydrogen) atoms. The van der Waals surface area contributed by atoms with Gasteiger partial charge in [-0.3, -0.25) is 9.59 Å². The van der Waals surface area contributed by atoms with Crippen LogP contribution in [0.2, 0.25) is 0 Å². The lowest BCUT2D eigenvalue weighted by atomic mass is 9.87. The molecule has 1 amide bonds. The van der Waals surface area contributed by atoms with Crippen molar-refractivity contribution in [2.75, 3.05) is 60.0 Å². The van der Waals surface area contributed by atoms with E-state index < -0.39 is 5.54 Å². The van der Waals surface area contributed by atoms with E-state index in [9.17, 15) is 9.59 Å². The molecule has 3 rings (SSSR count). The number of benzene rings is 1. The lowest BCUT2D eigenvalue weighted by molar-refractivity contribution is -0.151. The third kappa shape index (κ3) is 5.51. The third-order valence-corrected chi connectivity index (χ3v) is 5.43. The first-order valence-corrected chi connectivity index (χ1v) is 10.6. The summed E-state index contributed by atoms with van der Waals surface area (Å²) in [7, 11) is 1.63. The van der Waals surface area contributed by atoms with Gasteiger partial charge in [0.1, 0.15) is 12.1 Å². The quantitative estimate of drug-likeness (QED) is 0.252. The molecule has 2 heterocycles. The highest BCUT2D eigenvalue weighted by molar-refractivity contribution is 5.79. The Kier molecular flexibility index (Phi) is 8.60. The normalized spacial score (nSPS) is 20.8. The number of nitrogens with zero attached hydrogens (tertiary/aromatic N) is 1. The molecule has 170 valence electrons. The van der Waals surface area contributed by atoms with Crippen LogP contribution in [0.1, 0.15) is 30.5 Å². The van der Waals surface area contributed by atoms with Gasteiger partial charge in [-0.15, -0.1) is 0 Å². The van der Waals surface area contributed by atoms with Gasteiger partial charge < -0.3 is 28.6 Å². The van der Waals surface area contributed by atoms with Crippen molar-refractivity contribution in [3.05, 3.63) is 47.5 Å². The Balaban J connectivity index is 1.34. The summed E-state index contributed by atoms with van der Waals surface area (Å²) in [5.41, 5.74) is 1.39. The third-order valence-electron chi connectivity index (χ3n) is 5.43. The van der Waals surface area contributed by atoms with Gasteiger partial charge in [0.05, 0.1) is 58.7 Å². The Labute approximate surface area is 183 Å². The molecule has 0 radical (unpaired) electrons. The zero-order valence-corrected chi connectivity index (χ0v) is 18.2. The van der Waals surface area contributed by atoms with Gasteiger partial charge in [-0.25, -0.2) is 0 Å². The average Bonchev–Trinajstić information content (AvgIpc) is 3.29. The van der Waals surface area contributed by atoms with Gasteiger partial charge in [-0.1, -0.05) is 36.4 Å². The number of carbonyl (C=O) groups is 2. The van der Waals surface area contributed by atoms with Crippen LogP contribution in [0.5, 0.6) is 0 Å². The minimum absolute atomic E-state index is 0.0466. The van der Waals surface area contributed by atoms with Gasteiger partial charge in [0.2, 0.25) is 5.91 Å². The SMILES string of the molecule is COCCOCCOCCOCCC(=O)OCC12C=CC(c3ccccc31)N2C(C)=O. The Hall–Kier alpha value is -2.26. The number of fused-ring (bicyclic) bond motifs is 5. The van der Waals surface area contributed by atoms with Gasteiger partial charge in [-0.05, 0) is 11.1 Å². The Morgan fingerprint density at radius 3 is 2.29 bits per heavy atom. The average molecular weight is 434 g/mol. The van der Waals surface area contributed by atoms with Crippen molar-refractivity contribution < 1.29 is 33.3 Å². The molecule has 2 unspecified atom stereocenters. The smallest absolute Gasteiger partial charge is 0.308 e. The lowest BCUT2D eigenvalue weighted by Gasteiger charge is -2.34. The van der Waals surface area contributed by atoms with Crippen LogP contribution in [0.25, 0.3) is 0 Å². The summed E-state index contributed by atoms with van der Waals surface area (Å²) in [5, 5.41) is 0. The molecule has 2 aliphatic heterocycles. The van der Waals surface area contributed by atoms with Crippen LogP contribution in [-0.4, -0.2) is 76.7 Å². The number of esters is 1. The van der Waals surface area contributed by atoms with E-state index in [1.807, 2.05) is 36.4 Å². The number of methoxy groups -OCH3 is 1. The molecule has 2 bridgehead atoms. The molecule has 0 saturated carbocycles. The van der Waals surface area contributed by atoms with Crippen LogP contribution in [0.4, 0.5) is 0 Å². The first-order valence-electron chi connectivity index (χ1n) is 10.6. The van der Waals surface area contributed by atoms with E-state index in [1.54, 1.807) is 18.9 Å². The van der Waals surface area contributed by atoms with Crippen LogP contribution in [-0.2, 0) is 38.8 Å². The molecule has 2 aliphatic rings. The van der Waals surface area contributed by atoms with Crippen molar-refractivity contribution in [2.24, 2.45) is 0 Å². The monoisotopic (exact) mass is 433 g/mol. The highest BCUT2D eigenvalue weighted by Crippen LogP contribution is 2.52. The Morgan fingerprint density at radius 2 is 1.61 bits per heavy atom. The maximum absolute atomic E-state index is 12.3. The second-order valence-corrected chi connectivity index (χ2v) is 7.45. The molecule has 0 saturated heterocycles. The number of carbonyl (C=O) groups excluding carboxylic acids is 2. The molecule has 1 aromatic rings. The number of amides is 1. The van der Waals surface area contributed by atoms with Crippen molar-refractivity contribution in [2.45, 2.75) is 24.9 Å². The molecular weight excluding hydrogens is 402 g/mol. The molecule has 8 nitrogen and oxygen atoms in total. The predicted octanol–water partition coefficient (Wildman–Crippen LogP) is 1.98. The van der Waals surface area contributed by atoms with Crippen LogP contribution >= 0.6 is 0 Å². The van der Waals surface area contributed by atoms with Crippen molar-refractivity contribution in [3.63, 3.8) is 0 Å². The minimum atomic E-state index is -0.719. The fraction of sp³-hybridized carbons (Fsp3) is 0.565. The number of ether oxygens (including phenoxy) is 5. The standard InChI is InChI=1S/C23H31NO7/c1-18(25)24-21-7-9-23(24,20-6-4-3-5-19(20)21)17-31-22(26)8-10-28-13-14-30-16-15-29-12-11-27-2/h3-7,9,21H,8,10-17H2,1-2H3. The second-order valence-electron chi connectivity index (χ2n) is 7.45. The first-order chi connectivity index (χ1) is 15.1. The van der Waals surface area contributed by atoms with Gasteiger partial charge in [-0.2, -0.15) is 0 Å². The van der Waals surface area contributed by atoms with Crippen LogP contribution < -0.4 is 0 Å². The molecule has 0 fully saturated rings. The molecule has 0 N–H and O–H groups in total. The summed E-state index contributed by atoms with van der Waals surface area (Å²) < 4.78 is 26.5. The van der Waals surface area contributed by atoms with Crippen molar-refractivity contribution in [3.8, 4) is 0 Å². The minimum Gasteiger partial charge on any atom is -0.462 e. The molecule has 0 aromatic heterocycles. The van der Waals surface area contributed by atoms with Gasteiger partial charge >= 0.3 is 5.97 Å². The second kappa shape index (κ2) is 11.4. The van der Waals surface area contributed by atoms with Gasteiger partial charge in [0, 0.05) is 14.0 Å². The van der Waals surface area contributed by atoms with E-state index in [0.717, 1.165) is 11.1 Å². The van der Waals surface area contributed by atoms with Crippen molar-refractivity contribution in [1.82, 2.24) is 4.90 Å². The fourth-order valence-corrected chi connectivity index (χ4v) is 4.05. The predicted molar refractivity (Wildman–Crippen MR) is 112 cm³/mol. The summed E-state index contributed by atoms with van der Waals surface area (Å²) in [5.74, 6) is -0.402. The molecular formula is C23H31NO7. The van der Waals surface area contributed by atoms with E-state index in [4.69, 9.17) is 23.7 Å². The van der Waals surface area contributed by atoms with Gasteiger partial charge in [0.15, 0.2) is 0 Å². The first kappa shape index (κ1) is 23.4. The van der Waals surface area contributed by atoms with Crippen LogP contribution in [0, 0.1) is 0 Å². The highest BCUT2D eigenvalue weighted by atomic mass is 16.6. The van der Waals surface area contributed by atoms with Gasteiger partial charge in [0.25, 0.3) is 0 Å². The number of rotatable bonds is 14. The summed E-state index contributed by atoms with van der Waals surface area (Å²) in [4.78, 5) is 26.3. The van der Waals surface area contributed by atoms with Crippen LogP contribution in [0.3, 0.4) is 0 Å². The molecule has 2 atom stereocenters. The zero-order valence-electron chi connectivity index (χ0n) is 18.2. The molecule has 0 aliphatic carbocycles. The lowest BCUT2D eigenvalue weighted by Crippen LogP contribution is -2.44. The van der Waals surface area contributed by atoms with Crippen LogP contribution in [0.15, 0.2) is 36.4 Å². The van der Waals surface area contributed by atoms with E-state index in [1.165, 1.54) is 0 Å². The number of hydrogen-bond acceptors (Lipinski definition) is 7. The topological polar surface area (TPSA) is 83.5 Å². The summed E-state index contributed by atoms with van der Waals surface area (Å²) in [6, 6.07) is 7.82. The maximum Gasteiger partial charge on any atom is 0.308 e. The Morgan fingerprint density at radius 1 is 0.968 bits per heavy atom. The molecule has 8 heteroatoms. The number of hydrogen-bond donors (Lipinski definition) is 0. The maximum atomic E-state index is 12.3. The van der Waals surface area contributed by atoms with E-state index in [-0.39, 0.29) is 37.6 Å². The summed E-state index contributed by atoms with van der Waals surface area (Å²) in [6.07, 6.45) is 4.12. The van der Waals surface area contributed by atoms with E-state index in [2.05, 4.69) is 0 Å². The summed E-state index contributed by atoms with van der Waals surface area (Å²) in [6.45, 7) is 4.83. The molecule has 0 spiro atoms.